The lowest BCUT2D eigenvalue weighted by Gasteiger charge is -2.30. The lowest BCUT2D eigenvalue weighted by atomic mass is 9.81. The van der Waals surface area contributed by atoms with E-state index in [0.29, 0.717) is 5.89 Å². The molecule has 11 rings (SSSR count). The Labute approximate surface area is 322 Å². The molecule has 0 spiro atoms. The van der Waals surface area contributed by atoms with Gasteiger partial charge in [-0.3, -0.25) is 0 Å². The predicted octanol–water partition coefficient (Wildman–Crippen LogP) is 13.9. The molecule has 3 nitrogen and oxygen atoms in total. The van der Waals surface area contributed by atoms with Gasteiger partial charge in [-0.15, -0.1) is 0 Å². The Morgan fingerprint density at radius 2 is 0.891 bits per heavy atom. The van der Waals surface area contributed by atoms with E-state index in [2.05, 4.69) is 168 Å². The van der Waals surface area contributed by atoms with Gasteiger partial charge in [0.25, 0.3) is 0 Å². The Morgan fingerprint density at radius 1 is 0.400 bits per heavy atom. The molecule has 0 amide bonds. The first-order valence-electron chi connectivity index (χ1n) is 19.5. The topological polar surface area (TPSA) is 29.3 Å². The number of benzene rings is 7. The van der Waals surface area contributed by atoms with Crippen LogP contribution < -0.4 is 4.90 Å². The van der Waals surface area contributed by atoms with Gasteiger partial charge < -0.3 is 9.32 Å². The van der Waals surface area contributed by atoms with Crippen LogP contribution in [0.15, 0.2) is 150 Å². The van der Waals surface area contributed by atoms with Crippen molar-refractivity contribution in [3.05, 3.63) is 179 Å². The maximum atomic E-state index is 6.37. The van der Waals surface area contributed by atoms with Gasteiger partial charge in [-0.1, -0.05) is 133 Å². The first-order valence-corrected chi connectivity index (χ1v) is 19.5. The van der Waals surface area contributed by atoms with E-state index in [1.54, 1.807) is 0 Å². The monoisotopic (exact) mass is 710 g/mol. The number of fused-ring (bicyclic) bond motifs is 10. The molecular weight excluding hydrogens is 669 g/mol. The molecule has 55 heavy (non-hydrogen) atoms. The van der Waals surface area contributed by atoms with Crippen LogP contribution in [-0.4, -0.2) is 4.98 Å². The molecule has 3 aliphatic rings. The maximum Gasteiger partial charge on any atom is 0.227 e. The highest BCUT2D eigenvalue weighted by Crippen LogP contribution is 2.56. The number of oxazole rings is 1. The second-order valence-electron chi connectivity index (χ2n) is 17.2. The summed E-state index contributed by atoms with van der Waals surface area (Å²) < 4.78 is 6.37. The molecule has 266 valence electrons. The van der Waals surface area contributed by atoms with Crippen LogP contribution in [0, 0.1) is 0 Å². The second-order valence-corrected chi connectivity index (χ2v) is 17.2. The Morgan fingerprint density at radius 3 is 1.62 bits per heavy atom. The number of hydrogen-bond donors (Lipinski definition) is 0. The van der Waals surface area contributed by atoms with Crippen LogP contribution in [0.25, 0.3) is 55.9 Å². The van der Waals surface area contributed by atoms with Gasteiger partial charge >= 0.3 is 0 Å². The van der Waals surface area contributed by atoms with Crippen molar-refractivity contribution in [1.29, 1.82) is 0 Å². The molecule has 0 fully saturated rings. The minimum Gasteiger partial charge on any atom is -0.436 e. The molecule has 8 aromatic rings. The number of nitrogens with zero attached hydrogens (tertiary/aromatic N) is 2. The van der Waals surface area contributed by atoms with Gasteiger partial charge in [-0.25, -0.2) is 4.98 Å². The highest BCUT2D eigenvalue weighted by atomic mass is 16.3. The maximum absolute atomic E-state index is 6.37. The van der Waals surface area contributed by atoms with Crippen LogP contribution >= 0.6 is 0 Å². The Hall–Kier alpha value is -6.19. The molecular formula is C52H42N2O. The summed E-state index contributed by atoms with van der Waals surface area (Å²) >= 11 is 0. The van der Waals surface area contributed by atoms with Gasteiger partial charge in [-0.05, 0) is 121 Å². The van der Waals surface area contributed by atoms with Crippen LogP contribution in [0.4, 0.5) is 17.1 Å². The van der Waals surface area contributed by atoms with E-state index in [1.165, 1.54) is 66.8 Å². The molecule has 1 aromatic heterocycles. The van der Waals surface area contributed by atoms with Gasteiger partial charge in [-0.2, -0.15) is 0 Å². The van der Waals surface area contributed by atoms with E-state index >= 15 is 0 Å². The number of para-hydroxylation sites is 2. The fourth-order valence-corrected chi connectivity index (χ4v) is 10.2. The summed E-state index contributed by atoms with van der Waals surface area (Å²) in [6, 6.07) is 53.7. The fraction of sp³-hybridized carbons (Fsp3) is 0.173. The van der Waals surface area contributed by atoms with Crippen molar-refractivity contribution >= 4 is 28.2 Å². The molecule has 7 aromatic carbocycles. The standard InChI is InChI=1S/C52H42N2O/c1-50(2)41-18-10-8-15-35(41)39-28-31(24-27-42(39)50)54(32-22-25-36-34-14-7-9-17-40(34)51(3,4)44(36)29-32)33-23-26-37-45(30-33)52(5,6)43-19-13-16-38(48(37)43)49-53-46-20-11-12-21-47(46)55-49/h7-30H,1-6H3. The van der Waals surface area contributed by atoms with E-state index in [1.807, 2.05) is 24.3 Å². The summed E-state index contributed by atoms with van der Waals surface area (Å²) in [5, 5.41) is 0. The molecule has 0 saturated heterocycles. The van der Waals surface area contributed by atoms with Gasteiger partial charge in [0.1, 0.15) is 5.52 Å². The normalized spacial score (nSPS) is 15.9. The van der Waals surface area contributed by atoms with Crippen molar-refractivity contribution in [3.8, 4) is 44.8 Å². The third kappa shape index (κ3) is 4.35. The Balaban J connectivity index is 1.11. The Kier molecular flexibility index (Phi) is 6.42. The van der Waals surface area contributed by atoms with Crippen LogP contribution in [0.2, 0.25) is 0 Å². The molecule has 0 saturated carbocycles. The van der Waals surface area contributed by atoms with E-state index in [4.69, 9.17) is 9.40 Å². The zero-order valence-electron chi connectivity index (χ0n) is 32.2. The van der Waals surface area contributed by atoms with Gasteiger partial charge in [0.2, 0.25) is 5.89 Å². The van der Waals surface area contributed by atoms with Crippen LogP contribution in [0.3, 0.4) is 0 Å². The summed E-state index contributed by atoms with van der Waals surface area (Å²) in [7, 11) is 0. The van der Waals surface area contributed by atoms with Gasteiger partial charge in [0.05, 0.1) is 0 Å². The average molecular weight is 711 g/mol. The average Bonchev–Trinajstić information content (AvgIpc) is 3.87. The molecule has 3 heteroatoms. The molecule has 0 N–H and O–H groups in total. The van der Waals surface area contributed by atoms with E-state index in [9.17, 15) is 0 Å². The molecule has 0 radical (unpaired) electrons. The summed E-state index contributed by atoms with van der Waals surface area (Å²) in [6.07, 6.45) is 0. The minimum atomic E-state index is -0.239. The number of rotatable bonds is 4. The largest absolute Gasteiger partial charge is 0.436 e. The summed E-state index contributed by atoms with van der Waals surface area (Å²) in [5.74, 6) is 0.663. The summed E-state index contributed by atoms with van der Waals surface area (Å²) in [4.78, 5) is 7.42. The molecule has 0 bridgehead atoms. The first-order chi connectivity index (χ1) is 26.5. The summed E-state index contributed by atoms with van der Waals surface area (Å²) in [6.45, 7) is 14.1. The van der Waals surface area contributed by atoms with Crippen molar-refractivity contribution in [2.24, 2.45) is 0 Å². The molecule has 0 atom stereocenters. The highest BCUT2D eigenvalue weighted by molar-refractivity contribution is 5.95. The number of anilines is 3. The van der Waals surface area contributed by atoms with Crippen molar-refractivity contribution < 1.29 is 4.42 Å². The van der Waals surface area contributed by atoms with Crippen LogP contribution in [0.5, 0.6) is 0 Å². The predicted molar refractivity (Wildman–Crippen MR) is 227 cm³/mol. The van der Waals surface area contributed by atoms with Crippen LogP contribution in [-0.2, 0) is 16.2 Å². The smallest absolute Gasteiger partial charge is 0.227 e. The summed E-state index contributed by atoms with van der Waals surface area (Å²) in [5.41, 5.74) is 21.6. The van der Waals surface area contributed by atoms with Crippen molar-refractivity contribution in [3.63, 3.8) is 0 Å². The third-order valence-corrected chi connectivity index (χ3v) is 13.1. The highest BCUT2D eigenvalue weighted by Gasteiger charge is 2.40. The Bertz CT molecular complexity index is 2890. The minimum absolute atomic E-state index is 0.0611. The number of hydrogen-bond acceptors (Lipinski definition) is 3. The van der Waals surface area contributed by atoms with Crippen molar-refractivity contribution in [2.45, 2.75) is 57.8 Å². The lowest BCUT2D eigenvalue weighted by molar-refractivity contribution is 0.619. The molecule has 1 heterocycles. The van der Waals surface area contributed by atoms with Gasteiger partial charge in [0, 0.05) is 38.9 Å². The lowest BCUT2D eigenvalue weighted by Crippen LogP contribution is -2.18. The molecule has 0 unspecified atom stereocenters. The molecule has 0 aliphatic heterocycles. The molecule has 3 aliphatic carbocycles. The quantitative estimate of drug-likeness (QED) is 0.182. The third-order valence-electron chi connectivity index (χ3n) is 13.1. The zero-order valence-corrected chi connectivity index (χ0v) is 32.2. The number of aromatic nitrogens is 1. The SMILES string of the molecule is CC1(C)c2ccccc2-c2cc(N(c3ccc4c(c3)C(C)(C)c3ccccc3-4)c3ccc4c(c3)C(C)(C)c3cccc(-c5nc6ccccc6o5)c3-4)ccc21. The van der Waals surface area contributed by atoms with E-state index in [-0.39, 0.29) is 16.2 Å². The first kappa shape index (κ1) is 32.3. The zero-order chi connectivity index (χ0) is 37.4. The van der Waals surface area contributed by atoms with E-state index in [0.717, 1.165) is 33.7 Å². The van der Waals surface area contributed by atoms with Crippen molar-refractivity contribution in [2.75, 3.05) is 4.90 Å². The second kappa shape index (κ2) is 11.0. The van der Waals surface area contributed by atoms with Crippen LogP contribution in [0.1, 0.15) is 74.9 Å². The van der Waals surface area contributed by atoms with Gasteiger partial charge in [0.15, 0.2) is 5.58 Å². The van der Waals surface area contributed by atoms with Crippen molar-refractivity contribution in [1.82, 2.24) is 4.98 Å². The fourth-order valence-electron chi connectivity index (χ4n) is 10.2. The van der Waals surface area contributed by atoms with E-state index < -0.39 is 0 Å².